The largest absolute Gasteiger partial charge is 0.490 e. The maximum absolute atomic E-state index is 15.5. The van der Waals surface area contributed by atoms with Crippen LogP contribution in [0.25, 0.3) is 0 Å². The molecule has 0 spiro atoms. The van der Waals surface area contributed by atoms with Gasteiger partial charge in [0.1, 0.15) is 0 Å². The number of halogens is 34. The van der Waals surface area contributed by atoms with E-state index in [1.807, 2.05) is 13.8 Å². The Hall–Kier alpha value is -6.70. The lowest BCUT2D eigenvalue weighted by Crippen LogP contribution is -2.74. The first-order valence-corrected chi connectivity index (χ1v) is 34.3. The summed E-state index contributed by atoms with van der Waals surface area (Å²) in [5.41, 5.74) is -8.25. The summed E-state index contributed by atoms with van der Waals surface area (Å²) in [6.07, 6.45) is -1.80. The fourth-order valence-corrected chi connectivity index (χ4v) is 10.5. The standard InChI is InChI=1S/C70H78F34N2O4/c1-5-9-13-17-21-25-37-109-51-39-49(105-41-45(27-23-19-15-11-7-3)53(107)43-29-33-47(34-30-43)55(71,72)57(75,76)59(79,80)61(83,84)63(87,88)65(91,92)67(95,96)69(99,100)101)50(40-52(51)110-38-26-22-18-14-10-6-2)106-42-46(28-24-20-16-12-8-4)54(108)44-31-35-48(36-32-44)56(73,74)58(77,78)60(81,82)62(85,86)64(89,90)66(93,94)68(97,98)70(102,103)104/h29-36,39-42,105-106H,5-28,37-38H2,1-4H3/b45-41-,46-42-. The van der Waals surface area contributed by atoms with Crippen LogP contribution in [-0.2, 0) is 11.8 Å². The van der Waals surface area contributed by atoms with Crippen molar-refractivity contribution >= 4 is 22.9 Å². The predicted octanol–water partition coefficient (Wildman–Crippen LogP) is 27.2. The van der Waals surface area contributed by atoms with Crippen LogP contribution < -0.4 is 20.1 Å². The van der Waals surface area contributed by atoms with Gasteiger partial charge in [-0.3, -0.25) is 9.59 Å². The predicted molar refractivity (Wildman–Crippen MR) is 335 cm³/mol. The van der Waals surface area contributed by atoms with E-state index in [0.717, 1.165) is 63.8 Å². The molecule has 0 aliphatic heterocycles. The molecule has 630 valence electrons. The van der Waals surface area contributed by atoms with Crippen molar-refractivity contribution in [1.29, 1.82) is 0 Å². The summed E-state index contributed by atoms with van der Waals surface area (Å²) in [6, 6.07) is 1.50. The van der Waals surface area contributed by atoms with E-state index in [0.29, 0.717) is 77.0 Å². The molecule has 3 rings (SSSR count). The van der Waals surface area contributed by atoms with E-state index in [-0.39, 0.29) is 110 Å². The second-order valence-electron chi connectivity index (χ2n) is 25.9. The molecule has 0 fully saturated rings. The number of hydrogen-bond donors (Lipinski definition) is 2. The summed E-state index contributed by atoms with van der Waals surface area (Å²) in [6.45, 7) is 7.48. The Morgan fingerprint density at radius 2 is 0.509 bits per heavy atom. The first-order valence-electron chi connectivity index (χ1n) is 34.3. The van der Waals surface area contributed by atoms with Gasteiger partial charge in [0.05, 0.1) is 24.6 Å². The molecule has 0 heterocycles. The fraction of sp³-hybridized carbons (Fsp3) is 0.657. The molecule has 0 amide bonds. The zero-order chi connectivity index (χ0) is 84.6. The quantitative estimate of drug-likeness (QED) is 0.0254. The number of Topliss-reactive ketones (excluding diaryl/α,β-unsaturated/α-hetero) is 2. The van der Waals surface area contributed by atoms with Gasteiger partial charge in [-0.05, 0) is 38.5 Å². The van der Waals surface area contributed by atoms with Crippen molar-refractivity contribution in [3.05, 3.63) is 106 Å². The Morgan fingerprint density at radius 3 is 0.755 bits per heavy atom. The lowest BCUT2D eigenvalue weighted by Gasteiger charge is -2.42. The summed E-state index contributed by atoms with van der Waals surface area (Å²) in [4.78, 5) is 28.8. The number of nitrogens with one attached hydrogen (secondary N) is 2. The Kier molecular flexibility index (Phi) is 33.2. The maximum atomic E-state index is 15.5. The van der Waals surface area contributed by atoms with Gasteiger partial charge in [0.15, 0.2) is 23.1 Å². The van der Waals surface area contributed by atoms with Crippen molar-refractivity contribution in [2.75, 3.05) is 23.8 Å². The van der Waals surface area contributed by atoms with Gasteiger partial charge < -0.3 is 20.1 Å². The Balaban J connectivity index is 2.37. The van der Waals surface area contributed by atoms with Crippen molar-refractivity contribution in [3.8, 4) is 11.5 Å². The summed E-state index contributed by atoms with van der Waals surface area (Å²) in [5, 5.41) is 5.56. The molecule has 0 saturated heterocycles. The van der Waals surface area contributed by atoms with Crippen LogP contribution >= 0.6 is 0 Å². The van der Waals surface area contributed by atoms with Crippen molar-refractivity contribution in [3.63, 3.8) is 0 Å². The molecule has 0 atom stereocenters. The van der Waals surface area contributed by atoms with E-state index >= 15 is 35.1 Å². The minimum atomic E-state index is -8.90. The van der Waals surface area contributed by atoms with E-state index in [1.165, 1.54) is 12.1 Å². The van der Waals surface area contributed by atoms with Gasteiger partial charge in [0.2, 0.25) is 0 Å². The Morgan fingerprint density at radius 1 is 0.291 bits per heavy atom. The van der Waals surface area contributed by atoms with Gasteiger partial charge in [-0.1, -0.05) is 192 Å². The number of unbranched alkanes of at least 4 members (excludes halogenated alkanes) is 18. The van der Waals surface area contributed by atoms with Crippen molar-refractivity contribution < 1.29 is 168 Å². The molecule has 0 saturated carbocycles. The van der Waals surface area contributed by atoms with Crippen molar-refractivity contribution in [2.45, 2.75) is 277 Å². The van der Waals surface area contributed by atoms with Gasteiger partial charge in [-0.25, -0.2) is 0 Å². The Bertz CT molecular complexity index is 3250. The lowest BCUT2D eigenvalue weighted by molar-refractivity contribution is -0.462. The van der Waals surface area contributed by atoms with Crippen LogP contribution in [0.2, 0.25) is 0 Å². The summed E-state index contributed by atoms with van der Waals surface area (Å²) in [5.74, 6) is -120. The lowest BCUT2D eigenvalue weighted by atomic mass is 9.87. The summed E-state index contributed by atoms with van der Waals surface area (Å²) < 4.78 is 496. The third-order valence-electron chi connectivity index (χ3n) is 17.5. The number of carbonyl (C=O) groups excluding carboxylic acids is 2. The van der Waals surface area contributed by atoms with Gasteiger partial charge >= 0.3 is 95.3 Å². The monoisotopic (exact) mass is 1660 g/mol. The highest BCUT2D eigenvalue weighted by Gasteiger charge is 2.97. The number of ketones is 2. The average molecular weight is 1660 g/mol. The average Bonchev–Trinajstić information content (AvgIpc) is 0.698. The third-order valence-corrected chi connectivity index (χ3v) is 17.5. The number of ether oxygens (including phenoxy) is 2. The Labute approximate surface area is 608 Å². The van der Waals surface area contributed by atoms with Crippen molar-refractivity contribution in [1.82, 2.24) is 0 Å². The molecular formula is C70H78F34N2O4. The van der Waals surface area contributed by atoms with Crippen LogP contribution in [0, 0.1) is 0 Å². The van der Waals surface area contributed by atoms with E-state index in [4.69, 9.17) is 9.47 Å². The summed E-state index contributed by atoms with van der Waals surface area (Å²) >= 11 is 0. The van der Waals surface area contributed by atoms with Gasteiger partial charge in [-0.2, -0.15) is 149 Å². The minimum Gasteiger partial charge on any atom is -0.490 e. The molecule has 40 heteroatoms. The van der Waals surface area contributed by atoms with Crippen LogP contribution in [0.1, 0.15) is 214 Å². The van der Waals surface area contributed by atoms with Gasteiger partial charge in [0, 0.05) is 57.9 Å². The second-order valence-corrected chi connectivity index (χ2v) is 25.9. The molecule has 0 unspecified atom stereocenters. The maximum Gasteiger partial charge on any atom is 0.460 e. The zero-order valence-corrected chi connectivity index (χ0v) is 58.8. The van der Waals surface area contributed by atoms with Crippen LogP contribution in [-0.4, -0.2) is 108 Å². The van der Waals surface area contributed by atoms with Gasteiger partial charge in [-0.15, -0.1) is 0 Å². The topological polar surface area (TPSA) is 76.7 Å². The molecule has 3 aromatic rings. The molecule has 110 heavy (non-hydrogen) atoms. The fourth-order valence-electron chi connectivity index (χ4n) is 10.5. The highest BCUT2D eigenvalue weighted by molar-refractivity contribution is 6.09. The van der Waals surface area contributed by atoms with Crippen LogP contribution in [0.4, 0.5) is 161 Å². The molecular weight excluding hydrogens is 1580 g/mol. The SMILES string of the molecule is CCCCCCCCOc1cc(N/C=C(/CCCCCCC)C(=O)c2ccc(C(F)(F)C(F)(F)C(F)(F)C(F)(F)C(F)(F)C(F)(F)C(F)(F)C(F)(F)F)cc2)c(N/C=C(/CCCCCCC)C(=O)c2ccc(C(F)(F)C(F)(F)C(F)(F)C(F)(F)C(F)(F)C(F)(F)C(F)(F)C(F)(F)F)cc2)cc1OCCCCCCCC. The van der Waals surface area contributed by atoms with Crippen LogP contribution in [0.3, 0.4) is 0 Å². The normalized spacial score (nSPS) is 14.5. The summed E-state index contributed by atoms with van der Waals surface area (Å²) in [7, 11) is 0. The molecule has 3 aromatic carbocycles. The number of rotatable bonds is 50. The molecule has 2 N–H and O–H groups in total. The number of carbonyl (C=O) groups is 2. The number of allylic oxidation sites excluding steroid dienone is 2. The number of alkyl halides is 34. The number of hydrogen-bond acceptors (Lipinski definition) is 6. The minimum absolute atomic E-state index is 0.0110. The second kappa shape index (κ2) is 37.5. The molecule has 0 aromatic heterocycles. The van der Waals surface area contributed by atoms with Crippen LogP contribution in [0.5, 0.6) is 11.5 Å². The molecule has 0 aliphatic carbocycles. The first kappa shape index (κ1) is 97.5. The van der Waals surface area contributed by atoms with Gasteiger partial charge in [0.25, 0.3) is 0 Å². The zero-order valence-electron chi connectivity index (χ0n) is 58.8. The van der Waals surface area contributed by atoms with E-state index in [2.05, 4.69) is 10.6 Å². The van der Waals surface area contributed by atoms with E-state index < -0.39 is 140 Å². The third kappa shape index (κ3) is 20.1. The first-order chi connectivity index (χ1) is 50.2. The van der Waals surface area contributed by atoms with E-state index in [9.17, 15) is 124 Å². The molecule has 0 aliphatic rings. The highest BCUT2D eigenvalue weighted by atomic mass is 19.4. The van der Waals surface area contributed by atoms with E-state index in [1.54, 1.807) is 13.8 Å². The number of benzene rings is 3. The van der Waals surface area contributed by atoms with Crippen LogP contribution in [0.15, 0.2) is 84.2 Å². The van der Waals surface area contributed by atoms with Crippen molar-refractivity contribution in [2.24, 2.45) is 0 Å². The molecule has 0 radical (unpaired) electrons. The number of anilines is 2. The highest BCUT2D eigenvalue weighted by Crippen LogP contribution is 2.67. The molecule has 6 nitrogen and oxygen atoms in total. The molecule has 0 bridgehead atoms. The smallest absolute Gasteiger partial charge is 0.460 e.